The molecule has 0 aliphatic heterocycles. The van der Waals surface area contributed by atoms with Gasteiger partial charge in [0.05, 0.1) is 15.6 Å². The van der Waals surface area contributed by atoms with Crippen molar-refractivity contribution >= 4 is 46.7 Å². The van der Waals surface area contributed by atoms with Gasteiger partial charge in [0.15, 0.2) is 5.78 Å². The summed E-state index contributed by atoms with van der Waals surface area (Å²) < 4.78 is 5.73. The minimum absolute atomic E-state index is 0.166. The normalized spacial score (nSPS) is 10.9. The van der Waals surface area contributed by atoms with Crippen LogP contribution < -0.4 is 5.32 Å². The number of hydrogen-bond acceptors (Lipinski definition) is 3. The fraction of sp³-hybridized carbons (Fsp3) is 0.0476. The van der Waals surface area contributed by atoms with E-state index < -0.39 is 0 Å². The molecule has 1 heterocycles. The first-order valence-corrected chi connectivity index (χ1v) is 8.84. The van der Waals surface area contributed by atoms with Gasteiger partial charge in [-0.3, -0.25) is 9.59 Å². The van der Waals surface area contributed by atoms with E-state index in [1.54, 1.807) is 60.7 Å². The average molecular weight is 400 g/mol. The minimum atomic E-state index is -0.182. The fourth-order valence-corrected chi connectivity index (χ4v) is 3.07. The van der Waals surface area contributed by atoms with Crippen LogP contribution in [-0.2, 0) is 4.79 Å². The van der Waals surface area contributed by atoms with E-state index in [1.807, 2.05) is 0 Å². The lowest BCUT2D eigenvalue weighted by Gasteiger charge is -2.03. The molecule has 1 amide bonds. The summed E-state index contributed by atoms with van der Waals surface area (Å²) in [5.41, 5.74) is 1.75. The van der Waals surface area contributed by atoms with E-state index in [9.17, 15) is 9.59 Å². The van der Waals surface area contributed by atoms with Gasteiger partial charge in [0.25, 0.3) is 0 Å². The van der Waals surface area contributed by atoms with Crippen LogP contribution in [0.3, 0.4) is 0 Å². The molecular formula is C21H15Cl2NO3. The summed E-state index contributed by atoms with van der Waals surface area (Å²) in [6.45, 7) is 1.43. The number of hydrogen-bond donors (Lipinski definition) is 1. The summed E-state index contributed by atoms with van der Waals surface area (Å²) in [4.78, 5) is 23.3. The summed E-state index contributed by atoms with van der Waals surface area (Å²) in [6, 6.07) is 15.3. The maximum Gasteiger partial charge on any atom is 0.221 e. The number of ketones is 1. The Bertz CT molecular complexity index is 1000. The van der Waals surface area contributed by atoms with E-state index >= 15 is 0 Å². The molecule has 0 saturated carbocycles. The van der Waals surface area contributed by atoms with E-state index in [0.717, 1.165) is 0 Å². The fourth-order valence-electron chi connectivity index (χ4n) is 2.49. The molecule has 0 unspecified atom stereocenters. The second-order valence-corrected chi connectivity index (χ2v) is 6.57. The number of anilines is 1. The molecule has 0 aliphatic carbocycles. The second kappa shape index (κ2) is 8.25. The smallest absolute Gasteiger partial charge is 0.221 e. The van der Waals surface area contributed by atoms with Crippen molar-refractivity contribution in [1.29, 1.82) is 0 Å². The molecule has 6 heteroatoms. The lowest BCUT2D eigenvalue weighted by molar-refractivity contribution is -0.114. The summed E-state index contributed by atoms with van der Waals surface area (Å²) in [6.07, 6.45) is 3.00. The number of furan rings is 1. The molecule has 0 fully saturated rings. The van der Waals surface area contributed by atoms with Crippen LogP contribution in [0.4, 0.5) is 5.69 Å². The number of amides is 1. The summed E-state index contributed by atoms with van der Waals surface area (Å²) in [7, 11) is 0. The second-order valence-electron chi connectivity index (χ2n) is 5.75. The highest BCUT2D eigenvalue weighted by Crippen LogP contribution is 2.35. The highest BCUT2D eigenvalue weighted by Gasteiger charge is 2.12. The maximum absolute atomic E-state index is 12.3. The van der Waals surface area contributed by atoms with Gasteiger partial charge in [0.2, 0.25) is 5.91 Å². The third-order valence-electron chi connectivity index (χ3n) is 3.72. The van der Waals surface area contributed by atoms with Gasteiger partial charge >= 0.3 is 0 Å². The Balaban J connectivity index is 1.74. The number of allylic oxidation sites excluding steroid dienone is 1. The molecule has 2 aromatic carbocycles. The van der Waals surface area contributed by atoms with E-state index in [-0.39, 0.29) is 11.7 Å². The van der Waals surface area contributed by atoms with Crippen molar-refractivity contribution in [2.24, 2.45) is 0 Å². The molecule has 0 atom stereocenters. The Kier molecular flexibility index (Phi) is 5.79. The van der Waals surface area contributed by atoms with Crippen molar-refractivity contribution in [3.63, 3.8) is 0 Å². The molecule has 3 rings (SSSR count). The number of nitrogens with one attached hydrogen (secondary N) is 1. The van der Waals surface area contributed by atoms with E-state index in [1.165, 1.54) is 13.0 Å². The maximum atomic E-state index is 12.3. The monoisotopic (exact) mass is 399 g/mol. The van der Waals surface area contributed by atoms with Crippen molar-refractivity contribution in [3.05, 3.63) is 82.0 Å². The van der Waals surface area contributed by atoms with Gasteiger partial charge in [-0.15, -0.1) is 0 Å². The summed E-state index contributed by atoms with van der Waals surface area (Å²) >= 11 is 12.4. The zero-order valence-electron chi connectivity index (χ0n) is 14.3. The lowest BCUT2D eigenvalue weighted by atomic mass is 10.1. The number of halogens is 2. The van der Waals surface area contributed by atoms with Gasteiger partial charge in [-0.1, -0.05) is 29.3 Å². The van der Waals surface area contributed by atoms with Crippen LogP contribution >= 0.6 is 23.2 Å². The predicted molar refractivity (Wildman–Crippen MR) is 108 cm³/mol. The molecule has 1 aromatic heterocycles. The molecule has 136 valence electrons. The van der Waals surface area contributed by atoms with Crippen LogP contribution in [0.25, 0.3) is 17.4 Å². The zero-order valence-corrected chi connectivity index (χ0v) is 15.8. The van der Waals surface area contributed by atoms with Gasteiger partial charge in [0.1, 0.15) is 11.5 Å². The predicted octanol–water partition coefficient (Wildman–Crippen LogP) is 6.11. The summed E-state index contributed by atoms with van der Waals surface area (Å²) in [5, 5.41) is 3.63. The van der Waals surface area contributed by atoms with E-state index in [4.69, 9.17) is 27.6 Å². The molecule has 27 heavy (non-hydrogen) atoms. The quantitative estimate of drug-likeness (QED) is 0.415. The van der Waals surface area contributed by atoms with Gasteiger partial charge in [-0.2, -0.15) is 0 Å². The number of carbonyl (C=O) groups is 2. The molecule has 0 aliphatic rings. The Morgan fingerprint density at radius 3 is 2.26 bits per heavy atom. The number of carbonyl (C=O) groups excluding carboxylic acids is 2. The molecule has 1 N–H and O–H groups in total. The first-order valence-electron chi connectivity index (χ1n) is 8.08. The van der Waals surface area contributed by atoms with Gasteiger partial charge < -0.3 is 9.73 Å². The first kappa shape index (κ1) is 19.0. The van der Waals surface area contributed by atoms with Crippen molar-refractivity contribution < 1.29 is 14.0 Å². The molecular weight excluding hydrogens is 385 g/mol. The molecule has 0 radical (unpaired) electrons. The van der Waals surface area contributed by atoms with Gasteiger partial charge in [0, 0.05) is 18.2 Å². The Hall–Kier alpha value is -2.82. The van der Waals surface area contributed by atoms with E-state index in [2.05, 4.69) is 5.32 Å². The Morgan fingerprint density at radius 1 is 0.963 bits per heavy atom. The van der Waals surface area contributed by atoms with Crippen molar-refractivity contribution in [3.8, 4) is 11.3 Å². The molecule has 3 aromatic rings. The molecule has 0 saturated heterocycles. The van der Waals surface area contributed by atoms with Gasteiger partial charge in [-0.05, 0) is 60.7 Å². The van der Waals surface area contributed by atoms with E-state index in [0.29, 0.717) is 38.4 Å². The summed E-state index contributed by atoms with van der Waals surface area (Å²) in [5.74, 6) is 0.681. The first-order chi connectivity index (χ1) is 12.9. The van der Waals surface area contributed by atoms with Crippen LogP contribution in [0, 0.1) is 0 Å². The SMILES string of the molecule is CC(=O)Nc1ccc(C(=O)/C=C/c2ccc(-c3c(Cl)cccc3Cl)o2)cc1. The highest BCUT2D eigenvalue weighted by molar-refractivity contribution is 6.39. The minimum Gasteiger partial charge on any atom is -0.457 e. The topological polar surface area (TPSA) is 59.3 Å². The standard InChI is InChI=1S/C21H15Cl2NO3/c1-13(25)24-15-7-5-14(6-8-15)19(26)11-9-16-10-12-20(27-16)21-17(22)3-2-4-18(21)23/h2-12H,1H3,(H,24,25)/b11-9+. The number of benzene rings is 2. The van der Waals surface area contributed by atoms with Crippen LogP contribution in [0.1, 0.15) is 23.0 Å². The van der Waals surface area contributed by atoms with Crippen LogP contribution in [0.15, 0.2) is 65.1 Å². The number of rotatable bonds is 5. The largest absolute Gasteiger partial charge is 0.457 e. The molecule has 4 nitrogen and oxygen atoms in total. The average Bonchev–Trinajstić information content (AvgIpc) is 3.08. The lowest BCUT2D eigenvalue weighted by Crippen LogP contribution is -2.05. The van der Waals surface area contributed by atoms with Crippen molar-refractivity contribution in [1.82, 2.24) is 0 Å². The Labute approximate surface area is 166 Å². The van der Waals surface area contributed by atoms with Crippen molar-refractivity contribution in [2.45, 2.75) is 6.92 Å². The highest BCUT2D eigenvalue weighted by atomic mass is 35.5. The van der Waals surface area contributed by atoms with Gasteiger partial charge in [-0.25, -0.2) is 0 Å². The third-order valence-corrected chi connectivity index (χ3v) is 4.35. The van der Waals surface area contributed by atoms with Crippen LogP contribution in [-0.4, -0.2) is 11.7 Å². The van der Waals surface area contributed by atoms with Crippen molar-refractivity contribution in [2.75, 3.05) is 5.32 Å². The van der Waals surface area contributed by atoms with Crippen LogP contribution in [0.5, 0.6) is 0 Å². The third kappa shape index (κ3) is 4.67. The van der Waals surface area contributed by atoms with Crippen LogP contribution in [0.2, 0.25) is 10.0 Å². The zero-order chi connectivity index (χ0) is 19.4. The molecule has 0 bridgehead atoms. The molecule has 0 spiro atoms. The Morgan fingerprint density at radius 2 is 1.63 bits per heavy atom.